The van der Waals surface area contributed by atoms with E-state index in [0.29, 0.717) is 35.7 Å². The van der Waals surface area contributed by atoms with Gasteiger partial charge in [-0.25, -0.2) is 0 Å². The van der Waals surface area contributed by atoms with E-state index >= 15 is 0 Å². The summed E-state index contributed by atoms with van der Waals surface area (Å²) in [7, 11) is 1.57. The normalized spacial score (nSPS) is 14.0. The lowest BCUT2D eigenvalue weighted by Gasteiger charge is -2.25. The molecule has 0 saturated heterocycles. The molecule has 2 aromatic rings. The molecule has 2 aromatic carbocycles. The molecule has 0 N–H and O–H groups in total. The number of anilines is 1. The van der Waals surface area contributed by atoms with Crippen LogP contribution in [0.4, 0.5) is 5.69 Å². The molecule has 0 atom stereocenters. The maximum Gasteiger partial charge on any atom is 0.278 e. The maximum atomic E-state index is 13.3. The molecule has 5 heteroatoms. The van der Waals surface area contributed by atoms with Crippen molar-refractivity contribution in [3.8, 4) is 5.75 Å². The van der Waals surface area contributed by atoms with Crippen molar-refractivity contribution < 1.29 is 14.3 Å². The molecule has 1 heterocycles. The molecule has 146 valence electrons. The van der Waals surface area contributed by atoms with E-state index in [4.69, 9.17) is 4.74 Å². The largest absolute Gasteiger partial charge is 0.496 e. The summed E-state index contributed by atoms with van der Waals surface area (Å²) >= 11 is 0. The molecule has 0 aromatic heterocycles. The molecule has 0 bridgehead atoms. The van der Waals surface area contributed by atoms with Gasteiger partial charge < -0.3 is 9.64 Å². The Kier molecular flexibility index (Phi) is 6.14. The lowest BCUT2D eigenvalue weighted by molar-refractivity contribution is -0.136. The zero-order valence-corrected chi connectivity index (χ0v) is 16.6. The molecular formula is C23H26N2O3. The monoisotopic (exact) mass is 378 g/mol. The summed E-state index contributed by atoms with van der Waals surface area (Å²) in [6.07, 6.45) is 1.69. The number of ether oxygens (including phenoxy) is 1. The van der Waals surface area contributed by atoms with E-state index < -0.39 is 0 Å². The van der Waals surface area contributed by atoms with Gasteiger partial charge in [-0.3, -0.25) is 14.5 Å². The number of amides is 2. The SMILES string of the molecule is CCCCN1C(=O)C(c2ccccc2OC)=C(N(CC)c2ccccc2)C1=O. The fourth-order valence-corrected chi connectivity index (χ4v) is 3.50. The van der Waals surface area contributed by atoms with Crippen LogP contribution in [0.2, 0.25) is 0 Å². The highest BCUT2D eigenvalue weighted by atomic mass is 16.5. The Balaban J connectivity index is 2.19. The second-order valence-corrected chi connectivity index (χ2v) is 6.62. The van der Waals surface area contributed by atoms with E-state index in [0.717, 1.165) is 18.5 Å². The third kappa shape index (κ3) is 3.52. The number of para-hydroxylation sites is 2. The highest BCUT2D eigenvalue weighted by Gasteiger charge is 2.42. The number of carbonyl (C=O) groups is 2. The minimum Gasteiger partial charge on any atom is -0.496 e. The van der Waals surface area contributed by atoms with Crippen LogP contribution in [-0.2, 0) is 9.59 Å². The second kappa shape index (κ2) is 8.74. The molecule has 0 spiro atoms. The van der Waals surface area contributed by atoms with Gasteiger partial charge in [-0.1, -0.05) is 49.7 Å². The third-order valence-corrected chi connectivity index (χ3v) is 4.91. The van der Waals surface area contributed by atoms with Crippen LogP contribution < -0.4 is 9.64 Å². The molecule has 5 nitrogen and oxygen atoms in total. The van der Waals surface area contributed by atoms with Crippen molar-refractivity contribution in [2.45, 2.75) is 26.7 Å². The minimum atomic E-state index is -0.257. The Hall–Kier alpha value is -3.08. The van der Waals surface area contributed by atoms with Crippen LogP contribution in [-0.4, -0.2) is 36.9 Å². The maximum absolute atomic E-state index is 13.3. The standard InChI is InChI=1S/C23H26N2O3/c1-4-6-16-25-22(26)20(18-14-10-11-15-19(18)28-3)21(23(25)27)24(5-2)17-12-8-7-9-13-17/h7-15H,4-6,16H2,1-3H3. The number of hydrogen-bond acceptors (Lipinski definition) is 4. The van der Waals surface area contributed by atoms with Crippen LogP contribution in [0.3, 0.4) is 0 Å². The van der Waals surface area contributed by atoms with Gasteiger partial charge >= 0.3 is 0 Å². The fraction of sp³-hybridized carbons (Fsp3) is 0.304. The van der Waals surface area contributed by atoms with Gasteiger partial charge in [0.15, 0.2) is 0 Å². The van der Waals surface area contributed by atoms with Gasteiger partial charge in [-0.2, -0.15) is 0 Å². The third-order valence-electron chi connectivity index (χ3n) is 4.91. The number of benzene rings is 2. The highest BCUT2D eigenvalue weighted by Crippen LogP contribution is 2.37. The van der Waals surface area contributed by atoms with Crippen molar-refractivity contribution in [2.75, 3.05) is 25.1 Å². The average Bonchev–Trinajstić information content (AvgIpc) is 2.97. The number of hydrogen-bond donors (Lipinski definition) is 0. The fourth-order valence-electron chi connectivity index (χ4n) is 3.50. The van der Waals surface area contributed by atoms with Gasteiger partial charge in [0, 0.05) is 24.3 Å². The number of methoxy groups -OCH3 is 1. The molecule has 28 heavy (non-hydrogen) atoms. The van der Waals surface area contributed by atoms with Crippen LogP contribution in [0.15, 0.2) is 60.3 Å². The lowest BCUT2D eigenvalue weighted by Crippen LogP contribution is -2.36. The number of rotatable bonds is 8. The van der Waals surface area contributed by atoms with E-state index in [2.05, 4.69) is 0 Å². The first-order valence-electron chi connectivity index (χ1n) is 9.70. The van der Waals surface area contributed by atoms with Crippen LogP contribution in [0.5, 0.6) is 5.75 Å². The quantitative estimate of drug-likeness (QED) is 0.649. The van der Waals surface area contributed by atoms with E-state index in [-0.39, 0.29) is 11.8 Å². The first-order chi connectivity index (χ1) is 13.6. The lowest BCUT2D eigenvalue weighted by atomic mass is 10.0. The molecular weight excluding hydrogens is 352 g/mol. The van der Waals surface area contributed by atoms with Crippen LogP contribution >= 0.6 is 0 Å². The molecule has 0 fully saturated rings. The summed E-state index contributed by atoms with van der Waals surface area (Å²) in [6.45, 7) is 5.01. The van der Waals surface area contributed by atoms with Gasteiger partial charge in [0.05, 0.1) is 12.7 Å². The number of unbranched alkanes of at least 4 members (excludes halogenated alkanes) is 1. The van der Waals surface area contributed by atoms with Crippen molar-refractivity contribution in [1.82, 2.24) is 4.90 Å². The number of carbonyl (C=O) groups excluding carboxylic acids is 2. The van der Waals surface area contributed by atoms with Crippen LogP contribution in [0.1, 0.15) is 32.3 Å². The summed E-state index contributed by atoms with van der Waals surface area (Å²) in [4.78, 5) is 29.9. The smallest absolute Gasteiger partial charge is 0.278 e. The molecule has 0 unspecified atom stereocenters. The first kappa shape index (κ1) is 19.7. The molecule has 0 saturated carbocycles. The van der Waals surface area contributed by atoms with Gasteiger partial charge in [-0.05, 0) is 31.5 Å². The topological polar surface area (TPSA) is 49.9 Å². The van der Waals surface area contributed by atoms with Crippen LogP contribution in [0, 0.1) is 0 Å². The van der Waals surface area contributed by atoms with Gasteiger partial charge in [0.1, 0.15) is 11.4 Å². The van der Waals surface area contributed by atoms with Crippen molar-refractivity contribution in [3.05, 3.63) is 65.9 Å². The number of nitrogens with zero attached hydrogens (tertiary/aromatic N) is 2. The Labute approximate surface area is 166 Å². The molecule has 0 radical (unpaired) electrons. The molecule has 0 aliphatic carbocycles. The Morgan fingerprint density at radius 3 is 2.25 bits per heavy atom. The minimum absolute atomic E-state index is 0.245. The molecule has 2 amide bonds. The van der Waals surface area contributed by atoms with Crippen molar-refractivity contribution in [3.63, 3.8) is 0 Å². The Morgan fingerprint density at radius 2 is 1.61 bits per heavy atom. The van der Waals surface area contributed by atoms with E-state index in [1.54, 1.807) is 7.11 Å². The Bertz CT molecular complexity index is 890. The van der Waals surface area contributed by atoms with E-state index in [9.17, 15) is 9.59 Å². The highest BCUT2D eigenvalue weighted by molar-refractivity contribution is 6.37. The number of imide groups is 1. The van der Waals surface area contributed by atoms with Gasteiger partial charge in [0.25, 0.3) is 11.8 Å². The van der Waals surface area contributed by atoms with E-state index in [1.165, 1.54) is 4.90 Å². The second-order valence-electron chi connectivity index (χ2n) is 6.62. The van der Waals surface area contributed by atoms with Gasteiger partial charge in [-0.15, -0.1) is 0 Å². The molecule has 3 rings (SSSR count). The summed E-state index contributed by atoms with van der Waals surface area (Å²) in [5.41, 5.74) is 2.35. The predicted molar refractivity (Wildman–Crippen MR) is 111 cm³/mol. The zero-order valence-electron chi connectivity index (χ0n) is 16.6. The zero-order chi connectivity index (χ0) is 20.1. The first-order valence-corrected chi connectivity index (χ1v) is 9.70. The van der Waals surface area contributed by atoms with Crippen molar-refractivity contribution in [2.24, 2.45) is 0 Å². The van der Waals surface area contributed by atoms with Gasteiger partial charge in [0.2, 0.25) is 0 Å². The summed E-state index contributed by atoms with van der Waals surface area (Å²) in [5.74, 6) is 0.0787. The van der Waals surface area contributed by atoms with Crippen molar-refractivity contribution >= 4 is 23.1 Å². The van der Waals surface area contributed by atoms with Crippen molar-refractivity contribution in [1.29, 1.82) is 0 Å². The molecule has 1 aliphatic rings. The predicted octanol–water partition coefficient (Wildman–Crippen LogP) is 4.10. The summed E-state index contributed by atoms with van der Waals surface area (Å²) in [6, 6.07) is 17.0. The summed E-state index contributed by atoms with van der Waals surface area (Å²) < 4.78 is 5.49. The van der Waals surface area contributed by atoms with E-state index in [1.807, 2.05) is 73.3 Å². The summed E-state index contributed by atoms with van der Waals surface area (Å²) in [5, 5.41) is 0. The van der Waals surface area contributed by atoms with Crippen LogP contribution in [0.25, 0.3) is 5.57 Å². The number of likely N-dealkylation sites (N-methyl/N-ethyl adjacent to an activating group) is 1. The average molecular weight is 378 g/mol. The molecule has 1 aliphatic heterocycles. The Morgan fingerprint density at radius 1 is 0.929 bits per heavy atom.